The second-order valence-electron chi connectivity index (χ2n) is 7.23. The lowest BCUT2D eigenvalue weighted by atomic mass is 9.73. The van der Waals surface area contributed by atoms with Crippen LogP contribution in [0.4, 0.5) is 10.1 Å². The maximum Gasteiger partial charge on any atom is 0.231 e. The summed E-state index contributed by atoms with van der Waals surface area (Å²) in [6, 6.07) is 3.99. The molecule has 4 rings (SSSR count). The summed E-state index contributed by atoms with van der Waals surface area (Å²) in [6.07, 6.45) is 5.95. The normalized spacial score (nSPS) is 28.3. The third kappa shape index (κ3) is 2.74. The van der Waals surface area contributed by atoms with Crippen molar-refractivity contribution >= 4 is 11.6 Å². The number of anilines is 1. The molecule has 2 atom stereocenters. The highest BCUT2D eigenvalue weighted by Crippen LogP contribution is 2.45. The molecule has 2 fully saturated rings. The van der Waals surface area contributed by atoms with Crippen LogP contribution in [0, 0.1) is 22.7 Å². The first kappa shape index (κ1) is 17.0. The summed E-state index contributed by atoms with van der Waals surface area (Å²) < 4.78 is 19.4. The van der Waals surface area contributed by atoms with Gasteiger partial charge in [0.1, 0.15) is 11.9 Å². The molecule has 26 heavy (non-hydrogen) atoms. The van der Waals surface area contributed by atoms with Crippen LogP contribution in [0.15, 0.2) is 30.4 Å². The van der Waals surface area contributed by atoms with E-state index in [-0.39, 0.29) is 24.2 Å². The zero-order valence-corrected chi connectivity index (χ0v) is 14.5. The molecule has 136 valence electrons. The Bertz CT molecular complexity index is 790. The number of pyridine rings is 1. The van der Waals surface area contributed by atoms with Crippen molar-refractivity contribution in [2.24, 2.45) is 11.3 Å². The molecule has 7 heteroatoms. The molecule has 0 saturated carbocycles. The van der Waals surface area contributed by atoms with E-state index in [9.17, 15) is 14.4 Å². The second-order valence-corrected chi connectivity index (χ2v) is 7.23. The van der Waals surface area contributed by atoms with E-state index in [1.165, 1.54) is 0 Å². The van der Waals surface area contributed by atoms with E-state index in [0.29, 0.717) is 51.3 Å². The van der Waals surface area contributed by atoms with Crippen molar-refractivity contribution in [1.29, 1.82) is 5.26 Å². The van der Waals surface area contributed by atoms with Crippen LogP contribution in [0.1, 0.15) is 18.4 Å². The molecule has 6 nitrogen and oxygen atoms in total. The molecule has 0 N–H and O–H groups in total. The van der Waals surface area contributed by atoms with Crippen LogP contribution in [-0.2, 0) is 9.53 Å². The Morgan fingerprint density at radius 2 is 2.38 bits per heavy atom. The zero-order valence-electron chi connectivity index (χ0n) is 14.5. The van der Waals surface area contributed by atoms with Gasteiger partial charge in [-0.05, 0) is 25.0 Å². The first-order chi connectivity index (χ1) is 12.6. The molecule has 0 bridgehead atoms. The molecule has 0 aliphatic carbocycles. The van der Waals surface area contributed by atoms with Gasteiger partial charge in [-0.25, -0.2) is 4.39 Å². The fourth-order valence-corrected chi connectivity index (χ4v) is 4.42. The van der Waals surface area contributed by atoms with Gasteiger partial charge in [-0.2, -0.15) is 5.26 Å². The number of carbonyl (C=O) groups excluding carboxylic acids is 1. The maximum atomic E-state index is 13.7. The van der Waals surface area contributed by atoms with E-state index in [2.05, 4.69) is 16.0 Å². The average molecular weight is 356 g/mol. The van der Waals surface area contributed by atoms with E-state index in [1.54, 1.807) is 23.4 Å². The number of nitrogens with zero attached hydrogens (tertiary/aromatic N) is 4. The Morgan fingerprint density at radius 1 is 1.50 bits per heavy atom. The van der Waals surface area contributed by atoms with Crippen LogP contribution in [0.2, 0.25) is 0 Å². The van der Waals surface area contributed by atoms with Crippen LogP contribution in [0.25, 0.3) is 0 Å². The van der Waals surface area contributed by atoms with Gasteiger partial charge >= 0.3 is 0 Å². The Morgan fingerprint density at radius 3 is 3.19 bits per heavy atom. The average Bonchev–Trinajstić information content (AvgIpc) is 3.08. The Balaban J connectivity index is 1.64. The van der Waals surface area contributed by atoms with Crippen molar-refractivity contribution in [3.63, 3.8) is 0 Å². The molecule has 0 spiro atoms. The second kappa shape index (κ2) is 6.69. The minimum Gasteiger partial charge on any atom is -0.381 e. The third-order valence-corrected chi connectivity index (χ3v) is 5.79. The van der Waals surface area contributed by atoms with Crippen molar-refractivity contribution in [2.45, 2.75) is 12.8 Å². The number of halogens is 1. The molecule has 2 saturated heterocycles. The van der Waals surface area contributed by atoms with Gasteiger partial charge in [-0.1, -0.05) is 0 Å². The third-order valence-electron chi connectivity index (χ3n) is 5.79. The van der Waals surface area contributed by atoms with Crippen LogP contribution in [0.5, 0.6) is 0 Å². The van der Waals surface area contributed by atoms with Crippen LogP contribution >= 0.6 is 0 Å². The smallest absolute Gasteiger partial charge is 0.231 e. The van der Waals surface area contributed by atoms with Crippen LogP contribution in [0.3, 0.4) is 0 Å². The maximum absolute atomic E-state index is 13.7. The number of amides is 1. The van der Waals surface area contributed by atoms with Gasteiger partial charge < -0.3 is 14.5 Å². The molecule has 2 unspecified atom stereocenters. The van der Waals surface area contributed by atoms with Gasteiger partial charge in [0.05, 0.1) is 29.8 Å². The molecule has 3 aliphatic rings. The fourth-order valence-electron chi connectivity index (χ4n) is 4.42. The van der Waals surface area contributed by atoms with Crippen molar-refractivity contribution in [2.75, 3.05) is 44.3 Å². The summed E-state index contributed by atoms with van der Waals surface area (Å²) in [6.45, 7) is 2.84. The molecule has 1 amide bonds. The largest absolute Gasteiger partial charge is 0.381 e. The number of hydrogen-bond donors (Lipinski definition) is 0. The topological polar surface area (TPSA) is 69.5 Å². The highest BCUT2D eigenvalue weighted by atomic mass is 19.1. The van der Waals surface area contributed by atoms with Crippen molar-refractivity contribution in [3.05, 3.63) is 35.9 Å². The predicted octanol–water partition coefficient (Wildman–Crippen LogP) is 1.88. The van der Waals surface area contributed by atoms with Crippen molar-refractivity contribution in [3.8, 4) is 6.07 Å². The molecular formula is C19H21FN4O2. The standard InChI is InChI=1S/C19H21FN4O2/c20-16-2-1-6-23(11-16)18(25)19-4-7-26-12-15(19)10-24(13-19)17-3-5-22-9-14(17)8-21/h2-3,5,9,15H,1,4,6-7,10-13H2. The minimum atomic E-state index is -0.578. The molecule has 0 radical (unpaired) electrons. The molecule has 0 aromatic carbocycles. The van der Waals surface area contributed by atoms with Crippen molar-refractivity contribution < 1.29 is 13.9 Å². The number of hydrogen-bond acceptors (Lipinski definition) is 5. The number of aromatic nitrogens is 1. The monoisotopic (exact) mass is 356 g/mol. The van der Waals surface area contributed by atoms with Crippen LogP contribution < -0.4 is 4.90 Å². The van der Waals surface area contributed by atoms with E-state index in [4.69, 9.17) is 4.74 Å². The molecule has 3 aliphatic heterocycles. The molecule has 1 aromatic rings. The summed E-state index contributed by atoms with van der Waals surface area (Å²) in [5.74, 6) is -0.179. The van der Waals surface area contributed by atoms with Gasteiger partial charge in [-0.3, -0.25) is 9.78 Å². The van der Waals surface area contributed by atoms with Crippen LogP contribution in [-0.4, -0.2) is 55.2 Å². The minimum absolute atomic E-state index is 0.0177. The van der Waals surface area contributed by atoms with Gasteiger partial charge in [0.15, 0.2) is 0 Å². The zero-order chi connectivity index (χ0) is 18.1. The lowest BCUT2D eigenvalue weighted by Crippen LogP contribution is -2.53. The number of rotatable bonds is 2. The number of ether oxygens (including phenoxy) is 1. The molecular weight excluding hydrogens is 335 g/mol. The number of nitriles is 1. The highest BCUT2D eigenvalue weighted by Gasteiger charge is 2.55. The Kier molecular flexibility index (Phi) is 4.37. The summed E-state index contributed by atoms with van der Waals surface area (Å²) in [5.41, 5.74) is 0.724. The van der Waals surface area contributed by atoms with Gasteiger partial charge in [0.25, 0.3) is 0 Å². The summed E-state index contributed by atoms with van der Waals surface area (Å²) in [4.78, 5) is 21.2. The van der Waals surface area contributed by atoms with E-state index >= 15 is 0 Å². The molecule has 1 aromatic heterocycles. The lowest BCUT2D eigenvalue weighted by molar-refractivity contribution is -0.150. The first-order valence-corrected chi connectivity index (χ1v) is 8.95. The quantitative estimate of drug-likeness (QED) is 0.809. The van der Waals surface area contributed by atoms with Gasteiger partial charge in [0, 0.05) is 44.6 Å². The highest BCUT2D eigenvalue weighted by molar-refractivity contribution is 5.85. The SMILES string of the molecule is N#Cc1cnccc1N1CC2COCCC2(C(=O)N2CCC=C(F)C2)C1. The summed E-state index contributed by atoms with van der Waals surface area (Å²) in [7, 11) is 0. The first-order valence-electron chi connectivity index (χ1n) is 8.95. The molecule has 4 heterocycles. The number of carbonyl (C=O) groups is 1. The summed E-state index contributed by atoms with van der Waals surface area (Å²) >= 11 is 0. The summed E-state index contributed by atoms with van der Waals surface area (Å²) in [5, 5.41) is 9.38. The Labute approximate surface area is 151 Å². The fraction of sp³-hybridized carbons (Fsp3) is 0.526. The lowest BCUT2D eigenvalue weighted by Gasteiger charge is -2.41. The van der Waals surface area contributed by atoms with Gasteiger partial charge in [0.2, 0.25) is 5.91 Å². The predicted molar refractivity (Wildman–Crippen MR) is 92.9 cm³/mol. The van der Waals surface area contributed by atoms with E-state index in [0.717, 1.165) is 5.69 Å². The van der Waals surface area contributed by atoms with Gasteiger partial charge in [-0.15, -0.1) is 0 Å². The van der Waals surface area contributed by atoms with E-state index in [1.807, 2.05) is 6.07 Å². The van der Waals surface area contributed by atoms with E-state index < -0.39 is 5.41 Å². The number of fused-ring (bicyclic) bond motifs is 1. The van der Waals surface area contributed by atoms with Crippen molar-refractivity contribution in [1.82, 2.24) is 9.88 Å². The Hall–Kier alpha value is -2.46.